The second-order valence-electron chi connectivity index (χ2n) is 6.20. The van der Waals surface area contributed by atoms with Gasteiger partial charge in [0.2, 0.25) is 11.8 Å². The summed E-state index contributed by atoms with van der Waals surface area (Å²) in [5, 5.41) is 7.22. The van der Waals surface area contributed by atoms with Gasteiger partial charge in [-0.1, -0.05) is 6.07 Å². The quantitative estimate of drug-likeness (QED) is 0.628. The van der Waals surface area contributed by atoms with Crippen LogP contribution in [0.25, 0.3) is 0 Å². The maximum absolute atomic E-state index is 12.8. The van der Waals surface area contributed by atoms with Gasteiger partial charge < -0.3 is 14.8 Å². The van der Waals surface area contributed by atoms with Crippen LogP contribution in [0.15, 0.2) is 41.4 Å². The van der Waals surface area contributed by atoms with Crippen molar-refractivity contribution in [3.05, 3.63) is 63.7 Å². The molecular formula is C20H22N4O3S. The molecule has 0 spiro atoms. The van der Waals surface area contributed by atoms with Crippen LogP contribution in [0.3, 0.4) is 0 Å². The third-order valence-electron chi connectivity index (χ3n) is 4.31. The number of nitrogens with zero attached hydrogens (tertiary/aromatic N) is 3. The highest BCUT2D eigenvalue weighted by molar-refractivity contribution is 7.07. The van der Waals surface area contributed by atoms with Gasteiger partial charge in [0.25, 0.3) is 0 Å². The number of hydrogen-bond donors (Lipinski definition) is 1. The zero-order valence-electron chi connectivity index (χ0n) is 16.0. The molecule has 3 heterocycles. The zero-order valence-corrected chi connectivity index (χ0v) is 16.8. The highest BCUT2D eigenvalue weighted by Gasteiger charge is 2.20. The van der Waals surface area contributed by atoms with Crippen LogP contribution < -0.4 is 14.8 Å². The monoisotopic (exact) mass is 398 g/mol. The van der Waals surface area contributed by atoms with Crippen LogP contribution in [0.4, 0.5) is 0 Å². The molecule has 3 rings (SSSR count). The topological polar surface area (TPSA) is 86.2 Å². The number of thiophene rings is 1. The van der Waals surface area contributed by atoms with Crippen molar-refractivity contribution in [2.75, 3.05) is 14.2 Å². The Morgan fingerprint density at radius 3 is 2.75 bits per heavy atom. The zero-order chi connectivity index (χ0) is 19.9. The van der Waals surface area contributed by atoms with Gasteiger partial charge in [0, 0.05) is 18.0 Å². The van der Waals surface area contributed by atoms with Crippen molar-refractivity contribution in [3.63, 3.8) is 0 Å². The van der Waals surface area contributed by atoms with Gasteiger partial charge in [-0.05, 0) is 47.4 Å². The van der Waals surface area contributed by atoms with Gasteiger partial charge in [-0.2, -0.15) is 16.3 Å². The number of aryl methyl sites for hydroxylation is 1. The number of carbonyl (C=O) groups excluding carboxylic acids is 1. The van der Waals surface area contributed by atoms with Crippen molar-refractivity contribution < 1.29 is 14.3 Å². The summed E-state index contributed by atoms with van der Waals surface area (Å²) < 4.78 is 10.4. The number of ether oxygens (including phenoxy) is 2. The Morgan fingerprint density at radius 1 is 1.25 bits per heavy atom. The number of carbonyl (C=O) groups is 1. The van der Waals surface area contributed by atoms with E-state index >= 15 is 0 Å². The standard InChI is InChI=1S/C20H22N4O3S/c1-13-16(19(26-2)24-20(22-13)27-3)10-18(25)23-17(9-14-6-8-28-12-14)15-5-4-7-21-11-15/h4-8,11-12,17H,9-10H2,1-3H3,(H,23,25). The van der Waals surface area contributed by atoms with Crippen LogP contribution in [-0.4, -0.2) is 35.1 Å². The molecule has 1 atom stereocenters. The Hall–Kier alpha value is -3.00. The summed E-state index contributed by atoms with van der Waals surface area (Å²) in [6.45, 7) is 1.80. The van der Waals surface area contributed by atoms with E-state index in [9.17, 15) is 4.79 Å². The molecule has 0 bridgehead atoms. The molecule has 28 heavy (non-hydrogen) atoms. The SMILES string of the molecule is COc1nc(C)c(CC(=O)NC(Cc2ccsc2)c2cccnc2)c(OC)n1. The first-order valence-corrected chi connectivity index (χ1v) is 9.70. The summed E-state index contributed by atoms with van der Waals surface area (Å²) in [5.41, 5.74) is 3.41. The van der Waals surface area contributed by atoms with E-state index < -0.39 is 0 Å². The Bertz CT molecular complexity index is 917. The van der Waals surface area contributed by atoms with E-state index in [1.165, 1.54) is 19.8 Å². The summed E-state index contributed by atoms with van der Waals surface area (Å²) in [5.74, 6) is 0.203. The van der Waals surface area contributed by atoms with Gasteiger partial charge in [0.15, 0.2) is 0 Å². The number of aromatic nitrogens is 3. The van der Waals surface area contributed by atoms with Gasteiger partial charge in [0.1, 0.15) is 0 Å². The predicted molar refractivity (Wildman–Crippen MR) is 107 cm³/mol. The fraction of sp³-hybridized carbons (Fsp3) is 0.300. The van der Waals surface area contributed by atoms with E-state index in [1.807, 2.05) is 17.5 Å². The molecule has 8 heteroatoms. The van der Waals surface area contributed by atoms with Crippen LogP contribution in [0.1, 0.15) is 28.4 Å². The maximum atomic E-state index is 12.8. The second-order valence-corrected chi connectivity index (χ2v) is 6.98. The van der Waals surface area contributed by atoms with E-state index in [0.717, 1.165) is 5.56 Å². The molecule has 0 aliphatic heterocycles. The number of methoxy groups -OCH3 is 2. The van der Waals surface area contributed by atoms with E-state index in [0.29, 0.717) is 23.6 Å². The first-order chi connectivity index (χ1) is 13.6. The van der Waals surface area contributed by atoms with Gasteiger partial charge in [-0.15, -0.1) is 0 Å². The minimum Gasteiger partial charge on any atom is -0.481 e. The van der Waals surface area contributed by atoms with Crippen LogP contribution in [-0.2, 0) is 17.6 Å². The molecule has 0 saturated heterocycles. The lowest BCUT2D eigenvalue weighted by molar-refractivity contribution is -0.121. The average molecular weight is 398 g/mol. The second kappa shape index (κ2) is 9.27. The molecule has 1 unspecified atom stereocenters. The molecule has 0 fully saturated rings. The van der Waals surface area contributed by atoms with Crippen molar-refractivity contribution in [3.8, 4) is 11.9 Å². The van der Waals surface area contributed by atoms with Gasteiger partial charge >= 0.3 is 6.01 Å². The molecule has 146 valence electrons. The molecule has 0 aromatic carbocycles. The fourth-order valence-corrected chi connectivity index (χ4v) is 3.57. The summed E-state index contributed by atoms with van der Waals surface area (Å²) in [7, 11) is 3.00. The summed E-state index contributed by atoms with van der Waals surface area (Å²) in [6.07, 6.45) is 4.30. The normalized spacial score (nSPS) is 11.7. The van der Waals surface area contributed by atoms with Crippen molar-refractivity contribution in [1.82, 2.24) is 20.3 Å². The molecule has 3 aromatic rings. The van der Waals surface area contributed by atoms with Gasteiger partial charge in [-0.25, -0.2) is 4.98 Å². The predicted octanol–water partition coefficient (Wildman–Crippen LogP) is 2.90. The molecule has 0 radical (unpaired) electrons. The highest BCUT2D eigenvalue weighted by Crippen LogP contribution is 2.23. The van der Waals surface area contributed by atoms with Crippen LogP contribution in [0.5, 0.6) is 11.9 Å². The summed E-state index contributed by atoms with van der Waals surface area (Å²) >= 11 is 1.64. The van der Waals surface area contributed by atoms with Crippen molar-refractivity contribution >= 4 is 17.2 Å². The molecular weight excluding hydrogens is 376 g/mol. The van der Waals surface area contributed by atoms with Crippen molar-refractivity contribution in [2.45, 2.75) is 25.8 Å². The third kappa shape index (κ3) is 4.83. The first kappa shape index (κ1) is 19.8. The Balaban J connectivity index is 1.79. The van der Waals surface area contributed by atoms with Crippen LogP contribution >= 0.6 is 11.3 Å². The smallest absolute Gasteiger partial charge is 0.319 e. The summed E-state index contributed by atoms with van der Waals surface area (Å²) in [4.78, 5) is 25.4. The number of rotatable bonds is 8. The molecule has 3 aromatic heterocycles. The van der Waals surface area contributed by atoms with Crippen LogP contribution in [0.2, 0.25) is 0 Å². The minimum absolute atomic E-state index is 0.111. The maximum Gasteiger partial charge on any atom is 0.319 e. The van der Waals surface area contributed by atoms with Crippen LogP contribution in [0, 0.1) is 6.92 Å². The largest absolute Gasteiger partial charge is 0.481 e. The van der Waals surface area contributed by atoms with Crippen molar-refractivity contribution in [1.29, 1.82) is 0 Å². The molecule has 0 aliphatic rings. The van der Waals surface area contributed by atoms with E-state index in [-0.39, 0.29) is 24.4 Å². The Morgan fingerprint density at radius 2 is 2.11 bits per heavy atom. The molecule has 0 saturated carbocycles. The number of amides is 1. The number of hydrogen-bond acceptors (Lipinski definition) is 7. The average Bonchev–Trinajstić information content (AvgIpc) is 3.22. The lowest BCUT2D eigenvalue weighted by Crippen LogP contribution is -2.31. The van der Waals surface area contributed by atoms with E-state index in [1.54, 1.807) is 30.7 Å². The Kier molecular flexibility index (Phi) is 6.54. The highest BCUT2D eigenvalue weighted by atomic mass is 32.1. The molecule has 1 amide bonds. The lowest BCUT2D eigenvalue weighted by Gasteiger charge is -2.19. The third-order valence-corrected chi connectivity index (χ3v) is 5.04. The van der Waals surface area contributed by atoms with E-state index in [4.69, 9.17) is 9.47 Å². The van der Waals surface area contributed by atoms with Crippen molar-refractivity contribution in [2.24, 2.45) is 0 Å². The lowest BCUT2D eigenvalue weighted by atomic mass is 10.0. The summed E-state index contributed by atoms with van der Waals surface area (Å²) in [6, 6.07) is 5.93. The van der Waals surface area contributed by atoms with Gasteiger partial charge in [-0.3, -0.25) is 9.78 Å². The molecule has 1 N–H and O–H groups in total. The fourth-order valence-electron chi connectivity index (χ4n) is 2.89. The Labute approximate surface area is 167 Å². The first-order valence-electron chi connectivity index (χ1n) is 8.76. The number of nitrogens with one attached hydrogen (secondary N) is 1. The van der Waals surface area contributed by atoms with Gasteiger partial charge in [0.05, 0.1) is 32.4 Å². The minimum atomic E-state index is -0.179. The molecule has 0 aliphatic carbocycles. The van der Waals surface area contributed by atoms with E-state index in [2.05, 4.69) is 31.7 Å². The number of pyridine rings is 1. The molecule has 7 nitrogen and oxygen atoms in total.